The van der Waals surface area contributed by atoms with E-state index in [9.17, 15) is 0 Å². The van der Waals surface area contributed by atoms with Crippen molar-refractivity contribution in [3.05, 3.63) is 11.6 Å². The molecule has 2 atom stereocenters. The average Bonchev–Trinajstić information content (AvgIpc) is 2.27. The summed E-state index contributed by atoms with van der Waals surface area (Å²) in [6.45, 7) is 11.5. The fourth-order valence-corrected chi connectivity index (χ4v) is 1.66. The zero-order valence-corrected chi connectivity index (χ0v) is 10.2. The molecule has 1 aliphatic heterocycles. The summed E-state index contributed by atoms with van der Waals surface area (Å²) in [5.74, 6) is 0. The summed E-state index contributed by atoms with van der Waals surface area (Å²) in [6, 6.07) is 0. The molecule has 0 aliphatic carbocycles. The standard InChI is InChI=1S/C12H22O2/c1-9-7-12(5,11(2,3)4)14-10(9)8-13-6/h7,10H,8H2,1-6H3/t10-,12-/m1/s1. The number of ether oxygens (including phenoxy) is 2. The highest BCUT2D eigenvalue weighted by atomic mass is 16.5. The molecule has 0 fully saturated rings. The van der Waals surface area contributed by atoms with Crippen LogP contribution in [0.25, 0.3) is 0 Å². The van der Waals surface area contributed by atoms with E-state index in [0.29, 0.717) is 6.61 Å². The van der Waals surface area contributed by atoms with Gasteiger partial charge in [-0.25, -0.2) is 0 Å². The lowest BCUT2D eigenvalue weighted by molar-refractivity contribution is -0.0962. The number of hydrogen-bond donors (Lipinski definition) is 0. The van der Waals surface area contributed by atoms with E-state index in [-0.39, 0.29) is 17.1 Å². The first-order chi connectivity index (χ1) is 6.30. The molecule has 0 aromatic rings. The first-order valence-electron chi connectivity index (χ1n) is 5.16. The minimum Gasteiger partial charge on any atom is -0.382 e. The van der Waals surface area contributed by atoms with Gasteiger partial charge in [-0.3, -0.25) is 0 Å². The third-order valence-corrected chi connectivity index (χ3v) is 3.21. The lowest BCUT2D eigenvalue weighted by atomic mass is 9.78. The second-order valence-electron chi connectivity index (χ2n) is 5.31. The predicted octanol–water partition coefficient (Wildman–Crippen LogP) is 2.78. The molecule has 0 aromatic carbocycles. The molecule has 0 saturated carbocycles. The van der Waals surface area contributed by atoms with Gasteiger partial charge in [0.2, 0.25) is 0 Å². The zero-order valence-electron chi connectivity index (χ0n) is 10.2. The summed E-state index contributed by atoms with van der Waals surface area (Å²) in [5, 5.41) is 0. The molecule has 0 spiro atoms. The first kappa shape index (κ1) is 11.7. The van der Waals surface area contributed by atoms with Gasteiger partial charge in [-0.05, 0) is 24.8 Å². The molecule has 0 radical (unpaired) electrons. The third-order valence-electron chi connectivity index (χ3n) is 3.21. The second kappa shape index (κ2) is 3.67. The molecule has 1 rings (SSSR count). The maximum Gasteiger partial charge on any atom is 0.103 e. The molecule has 2 nitrogen and oxygen atoms in total. The van der Waals surface area contributed by atoms with Gasteiger partial charge in [-0.1, -0.05) is 26.8 Å². The lowest BCUT2D eigenvalue weighted by Gasteiger charge is -2.37. The summed E-state index contributed by atoms with van der Waals surface area (Å²) in [7, 11) is 1.71. The normalized spacial score (nSPS) is 33.3. The minimum atomic E-state index is -0.166. The van der Waals surface area contributed by atoms with E-state index in [1.165, 1.54) is 5.57 Å². The van der Waals surface area contributed by atoms with Crippen LogP contribution in [0.3, 0.4) is 0 Å². The molecule has 1 aliphatic rings. The van der Waals surface area contributed by atoms with Crippen molar-refractivity contribution in [2.75, 3.05) is 13.7 Å². The van der Waals surface area contributed by atoms with Crippen molar-refractivity contribution in [2.45, 2.75) is 46.3 Å². The van der Waals surface area contributed by atoms with E-state index in [0.717, 1.165) is 0 Å². The molecular weight excluding hydrogens is 176 g/mol. The fourth-order valence-electron chi connectivity index (χ4n) is 1.66. The van der Waals surface area contributed by atoms with Crippen molar-refractivity contribution in [1.82, 2.24) is 0 Å². The molecule has 0 bridgehead atoms. The van der Waals surface area contributed by atoms with Crippen LogP contribution in [-0.4, -0.2) is 25.4 Å². The van der Waals surface area contributed by atoms with E-state index in [4.69, 9.17) is 9.47 Å². The predicted molar refractivity (Wildman–Crippen MR) is 58.4 cm³/mol. The summed E-state index contributed by atoms with van der Waals surface area (Å²) in [6.07, 6.45) is 2.36. The number of hydrogen-bond acceptors (Lipinski definition) is 2. The van der Waals surface area contributed by atoms with Crippen LogP contribution in [0.5, 0.6) is 0 Å². The quantitative estimate of drug-likeness (QED) is 0.635. The fraction of sp³-hybridized carbons (Fsp3) is 0.833. The van der Waals surface area contributed by atoms with Gasteiger partial charge < -0.3 is 9.47 Å². The molecule has 2 heteroatoms. The Morgan fingerprint density at radius 2 is 2.07 bits per heavy atom. The largest absolute Gasteiger partial charge is 0.382 e. The van der Waals surface area contributed by atoms with Gasteiger partial charge in [-0.2, -0.15) is 0 Å². The van der Waals surface area contributed by atoms with Gasteiger partial charge in [0.05, 0.1) is 12.2 Å². The molecule has 14 heavy (non-hydrogen) atoms. The Morgan fingerprint density at radius 1 is 1.50 bits per heavy atom. The van der Waals surface area contributed by atoms with E-state index in [1.807, 2.05) is 0 Å². The molecule has 0 unspecified atom stereocenters. The summed E-state index contributed by atoms with van der Waals surface area (Å²) >= 11 is 0. The van der Waals surface area contributed by atoms with Crippen LogP contribution in [0.4, 0.5) is 0 Å². The SMILES string of the molecule is COC[C@H]1O[C@@](C)(C(C)(C)C)C=C1C. The van der Waals surface area contributed by atoms with Crippen LogP contribution in [0.2, 0.25) is 0 Å². The lowest BCUT2D eigenvalue weighted by Crippen LogP contribution is -2.40. The topological polar surface area (TPSA) is 18.5 Å². The highest BCUT2D eigenvalue weighted by Crippen LogP contribution is 2.41. The first-order valence-corrected chi connectivity index (χ1v) is 5.16. The van der Waals surface area contributed by atoms with Crippen LogP contribution < -0.4 is 0 Å². The van der Waals surface area contributed by atoms with Crippen molar-refractivity contribution >= 4 is 0 Å². The molecule has 0 saturated heterocycles. The smallest absolute Gasteiger partial charge is 0.103 e. The van der Waals surface area contributed by atoms with Gasteiger partial charge in [0.15, 0.2) is 0 Å². The summed E-state index contributed by atoms with van der Waals surface area (Å²) in [5.41, 5.74) is 1.24. The highest BCUT2D eigenvalue weighted by Gasteiger charge is 2.43. The van der Waals surface area contributed by atoms with E-state index < -0.39 is 0 Å². The van der Waals surface area contributed by atoms with Crippen molar-refractivity contribution < 1.29 is 9.47 Å². The molecule has 82 valence electrons. The second-order valence-corrected chi connectivity index (χ2v) is 5.31. The van der Waals surface area contributed by atoms with E-state index >= 15 is 0 Å². The van der Waals surface area contributed by atoms with Crippen LogP contribution >= 0.6 is 0 Å². The van der Waals surface area contributed by atoms with E-state index in [2.05, 4.69) is 40.7 Å². The van der Waals surface area contributed by atoms with Crippen molar-refractivity contribution in [3.63, 3.8) is 0 Å². The van der Waals surface area contributed by atoms with Gasteiger partial charge in [-0.15, -0.1) is 0 Å². The van der Waals surface area contributed by atoms with Gasteiger partial charge in [0, 0.05) is 7.11 Å². The minimum absolute atomic E-state index is 0.122. The average molecular weight is 198 g/mol. The van der Waals surface area contributed by atoms with Crippen molar-refractivity contribution in [3.8, 4) is 0 Å². The molecule has 0 N–H and O–H groups in total. The Bertz CT molecular complexity index is 237. The van der Waals surface area contributed by atoms with Crippen molar-refractivity contribution in [1.29, 1.82) is 0 Å². The van der Waals surface area contributed by atoms with Gasteiger partial charge >= 0.3 is 0 Å². The Hall–Kier alpha value is -0.340. The molecular formula is C12H22O2. The molecule has 0 aromatic heterocycles. The maximum absolute atomic E-state index is 6.05. The zero-order chi connectivity index (χ0) is 11.0. The van der Waals surface area contributed by atoms with Gasteiger partial charge in [0.25, 0.3) is 0 Å². The highest BCUT2D eigenvalue weighted by molar-refractivity contribution is 5.22. The molecule has 0 amide bonds. The van der Waals surface area contributed by atoms with E-state index in [1.54, 1.807) is 7.11 Å². The Morgan fingerprint density at radius 3 is 2.43 bits per heavy atom. The van der Waals surface area contributed by atoms with Crippen LogP contribution in [0.15, 0.2) is 11.6 Å². The monoisotopic (exact) mass is 198 g/mol. The van der Waals surface area contributed by atoms with Crippen LogP contribution in [0.1, 0.15) is 34.6 Å². The summed E-state index contributed by atoms with van der Waals surface area (Å²) < 4.78 is 11.2. The molecule has 1 heterocycles. The van der Waals surface area contributed by atoms with Crippen LogP contribution in [0, 0.1) is 5.41 Å². The number of methoxy groups -OCH3 is 1. The third kappa shape index (κ3) is 2.01. The summed E-state index contributed by atoms with van der Waals surface area (Å²) in [4.78, 5) is 0. The number of rotatable bonds is 2. The van der Waals surface area contributed by atoms with Gasteiger partial charge in [0.1, 0.15) is 6.10 Å². The Kier molecular flexibility index (Phi) is 3.07. The Labute approximate surface area is 87.3 Å². The maximum atomic E-state index is 6.05. The van der Waals surface area contributed by atoms with Crippen LogP contribution in [-0.2, 0) is 9.47 Å². The van der Waals surface area contributed by atoms with Crippen molar-refractivity contribution in [2.24, 2.45) is 5.41 Å². The Balaban J connectivity index is 2.81.